The van der Waals surface area contributed by atoms with Crippen molar-refractivity contribution in [2.45, 2.75) is 13.0 Å². The summed E-state index contributed by atoms with van der Waals surface area (Å²) in [5.41, 5.74) is 0. The van der Waals surface area contributed by atoms with E-state index in [0.717, 1.165) is 0 Å². The van der Waals surface area contributed by atoms with Crippen LogP contribution in [0.2, 0.25) is 0 Å². The highest BCUT2D eigenvalue weighted by molar-refractivity contribution is 5.28. The number of anilines is 1. The number of nitrogens with one attached hydrogen (secondary N) is 1. The van der Waals surface area contributed by atoms with Gasteiger partial charge >= 0.3 is 0 Å². The lowest BCUT2D eigenvalue weighted by molar-refractivity contribution is 0.203. The zero-order chi connectivity index (χ0) is 11.1. The van der Waals surface area contributed by atoms with Crippen LogP contribution in [0, 0.1) is 0 Å². The van der Waals surface area contributed by atoms with Crippen LogP contribution in [0.25, 0.3) is 0 Å². The summed E-state index contributed by atoms with van der Waals surface area (Å²) < 4.78 is 5.18. The first kappa shape index (κ1) is 11.7. The lowest BCUT2D eigenvalue weighted by Gasteiger charge is -2.13. The van der Waals surface area contributed by atoms with Gasteiger partial charge in [-0.25, -0.2) is 4.98 Å². The lowest BCUT2D eigenvalue weighted by atomic mass is 10.3. The van der Waals surface area contributed by atoms with Crippen LogP contribution in [0.5, 0.6) is 5.88 Å². The van der Waals surface area contributed by atoms with E-state index in [2.05, 4.69) is 15.3 Å². The number of aliphatic hydroxyl groups is 2. The standard InChI is InChI=1S/C9H15N3O3/c1-2-15-8-3-4-10-9(12-8)11-7(5-13)6-14/h3-4,7,13-14H,2,5-6H2,1H3,(H,10,11,12). The number of ether oxygens (including phenoxy) is 1. The highest BCUT2D eigenvalue weighted by Gasteiger charge is 2.07. The Balaban J connectivity index is 2.64. The van der Waals surface area contributed by atoms with Gasteiger partial charge in [0.15, 0.2) is 0 Å². The molecular formula is C9H15N3O3. The van der Waals surface area contributed by atoms with Crippen molar-refractivity contribution in [2.24, 2.45) is 0 Å². The second-order valence-electron chi connectivity index (χ2n) is 2.86. The van der Waals surface area contributed by atoms with Gasteiger partial charge in [-0.3, -0.25) is 0 Å². The molecule has 0 amide bonds. The van der Waals surface area contributed by atoms with Gasteiger partial charge < -0.3 is 20.3 Å². The van der Waals surface area contributed by atoms with Crippen LogP contribution in [-0.2, 0) is 0 Å². The van der Waals surface area contributed by atoms with Crippen molar-refractivity contribution < 1.29 is 14.9 Å². The van der Waals surface area contributed by atoms with E-state index < -0.39 is 6.04 Å². The topological polar surface area (TPSA) is 87.5 Å². The molecule has 0 atom stereocenters. The maximum atomic E-state index is 8.85. The fourth-order valence-corrected chi connectivity index (χ4v) is 0.972. The molecule has 6 nitrogen and oxygen atoms in total. The quantitative estimate of drug-likeness (QED) is 0.598. The van der Waals surface area contributed by atoms with E-state index in [1.54, 1.807) is 12.3 Å². The molecule has 0 unspecified atom stereocenters. The maximum absolute atomic E-state index is 8.85. The molecule has 0 aliphatic heterocycles. The third-order valence-electron chi connectivity index (χ3n) is 1.70. The van der Waals surface area contributed by atoms with E-state index in [9.17, 15) is 0 Å². The molecule has 1 aromatic rings. The summed E-state index contributed by atoms with van der Waals surface area (Å²) in [6, 6.07) is 1.18. The first-order chi connectivity index (χ1) is 7.30. The molecule has 15 heavy (non-hydrogen) atoms. The summed E-state index contributed by atoms with van der Waals surface area (Å²) in [7, 11) is 0. The van der Waals surface area contributed by atoms with Crippen LogP contribution < -0.4 is 10.1 Å². The number of nitrogens with zero attached hydrogens (tertiary/aromatic N) is 2. The van der Waals surface area contributed by atoms with Crippen molar-refractivity contribution in [2.75, 3.05) is 25.1 Å². The van der Waals surface area contributed by atoms with Gasteiger partial charge in [0, 0.05) is 12.3 Å². The Morgan fingerprint density at radius 2 is 2.20 bits per heavy atom. The van der Waals surface area contributed by atoms with Crippen molar-refractivity contribution in [1.29, 1.82) is 0 Å². The Hall–Kier alpha value is -1.40. The molecule has 1 rings (SSSR count). The van der Waals surface area contributed by atoms with Crippen molar-refractivity contribution in [1.82, 2.24) is 9.97 Å². The molecule has 0 aliphatic rings. The Morgan fingerprint density at radius 1 is 1.47 bits per heavy atom. The van der Waals surface area contributed by atoms with Gasteiger partial charge in [-0.2, -0.15) is 4.98 Å². The van der Waals surface area contributed by atoms with Gasteiger partial charge in [-0.05, 0) is 6.92 Å². The monoisotopic (exact) mass is 213 g/mol. The molecule has 0 fully saturated rings. The number of hydrogen-bond acceptors (Lipinski definition) is 6. The van der Waals surface area contributed by atoms with Gasteiger partial charge in [0.25, 0.3) is 0 Å². The SMILES string of the molecule is CCOc1ccnc(NC(CO)CO)n1. The smallest absolute Gasteiger partial charge is 0.226 e. The lowest BCUT2D eigenvalue weighted by Crippen LogP contribution is -2.28. The summed E-state index contributed by atoms with van der Waals surface area (Å²) in [5.74, 6) is 0.790. The van der Waals surface area contributed by atoms with E-state index in [4.69, 9.17) is 14.9 Å². The Bertz CT molecular complexity index is 292. The van der Waals surface area contributed by atoms with Gasteiger partial charge in [0.1, 0.15) is 0 Å². The minimum atomic E-state index is -0.457. The Morgan fingerprint density at radius 3 is 2.80 bits per heavy atom. The van der Waals surface area contributed by atoms with Crippen LogP contribution in [0.3, 0.4) is 0 Å². The first-order valence-electron chi connectivity index (χ1n) is 4.74. The van der Waals surface area contributed by atoms with E-state index >= 15 is 0 Å². The zero-order valence-corrected chi connectivity index (χ0v) is 8.55. The number of rotatable bonds is 6. The van der Waals surface area contributed by atoms with Gasteiger partial charge in [-0.1, -0.05) is 0 Å². The molecule has 0 aliphatic carbocycles. The van der Waals surface area contributed by atoms with E-state index in [-0.39, 0.29) is 13.2 Å². The Labute approximate surface area is 87.9 Å². The fourth-order valence-electron chi connectivity index (χ4n) is 0.972. The summed E-state index contributed by atoms with van der Waals surface area (Å²) in [6.45, 7) is 2.02. The minimum absolute atomic E-state index is 0.182. The van der Waals surface area contributed by atoms with Crippen LogP contribution in [0.4, 0.5) is 5.95 Å². The average Bonchev–Trinajstić information content (AvgIpc) is 2.27. The molecule has 0 aromatic carbocycles. The summed E-state index contributed by atoms with van der Waals surface area (Å²) in [4.78, 5) is 7.96. The number of hydrogen-bond donors (Lipinski definition) is 3. The van der Waals surface area contributed by atoms with Crippen LogP contribution in [0.1, 0.15) is 6.92 Å². The maximum Gasteiger partial charge on any atom is 0.226 e. The molecule has 0 bridgehead atoms. The van der Waals surface area contributed by atoms with Gasteiger partial charge in [-0.15, -0.1) is 0 Å². The number of aromatic nitrogens is 2. The average molecular weight is 213 g/mol. The third-order valence-corrected chi connectivity index (χ3v) is 1.70. The van der Waals surface area contributed by atoms with Crippen LogP contribution >= 0.6 is 0 Å². The predicted octanol–water partition coefficient (Wildman–Crippen LogP) is -0.360. The summed E-state index contributed by atoms with van der Waals surface area (Å²) in [6.07, 6.45) is 1.55. The second-order valence-corrected chi connectivity index (χ2v) is 2.86. The summed E-state index contributed by atoms with van der Waals surface area (Å²) >= 11 is 0. The van der Waals surface area contributed by atoms with E-state index in [1.807, 2.05) is 6.92 Å². The normalized spacial score (nSPS) is 10.4. The largest absolute Gasteiger partial charge is 0.478 e. The molecule has 1 aromatic heterocycles. The summed E-state index contributed by atoms with van der Waals surface area (Å²) in [5, 5.41) is 20.5. The molecule has 1 heterocycles. The van der Waals surface area contributed by atoms with Crippen molar-refractivity contribution in [3.8, 4) is 5.88 Å². The van der Waals surface area contributed by atoms with Crippen molar-refractivity contribution >= 4 is 5.95 Å². The van der Waals surface area contributed by atoms with Crippen LogP contribution in [0.15, 0.2) is 12.3 Å². The van der Waals surface area contributed by atoms with Crippen molar-refractivity contribution in [3.63, 3.8) is 0 Å². The zero-order valence-electron chi connectivity index (χ0n) is 8.55. The van der Waals surface area contributed by atoms with E-state index in [0.29, 0.717) is 18.4 Å². The third kappa shape index (κ3) is 3.69. The predicted molar refractivity (Wildman–Crippen MR) is 54.8 cm³/mol. The van der Waals surface area contributed by atoms with Crippen LogP contribution in [-0.4, -0.2) is 46.0 Å². The molecule has 0 saturated carbocycles. The Kier molecular flexibility index (Phi) is 4.79. The molecule has 0 saturated heterocycles. The number of aliphatic hydroxyl groups excluding tert-OH is 2. The highest BCUT2D eigenvalue weighted by atomic mass is 16.5. The minimum Gasteiger partial charge on any atom is -0.478 e. The molecule has 84 valence electrons. The highest BCUT2D eigenvalue weighted by Crippen LogP contribution is 2.08. The van der Waals surface area contributed by atoms with Gasteiger partial charge in [0.2, 0.25) is 11.8 Å². The molecule has 0 radical (unpaired) electrons. The second kappa shape index (κ2) is 6.15. The molecule has 6 heteroatoms. The molecular weight excluding hydrogens is 198 g/mol. The molecule has 3 N–H and O–H groups in total. The first-order valence-corrected chi connectivity index (χ1v) is 4.74. The molecule has 0 spiro atoms. The van der Waals surface area contributed by atoms with E-state index in [1.165, 1.54) is 0 Å². The fraction of sp³-hybridized carbons (Fsp3) is 0.556. The van der Waals surface area contributed by atoms with Crippen molar-refractivity contribution in [3.05, 3.63) is 12.3 Å². The van der Waals surface area contributed by atoms with Gasteiger partial charge in [0.05, 0.1) is 25.9 Å².